The molecule has 0 bridgehead atoms. The zero-order chi connectivity index (χ0) is 18.9. The minimum atomic E-state index is -0.350. The van der Waals surface area contributed by atoms with Crippen molar-refractivity contribution in [2.24, 2.45) is 0 Å². The number of nitrogens with zero attached hydrogens (tertiary/aromatic N) is 2. The standard InChI is InChI=1S/C19H22N4O3/c1-19(2,3)15-9-17(26-22-15)21-16(24)11-23(4)18(25)13-10-20-14-8-6-5-7-12(13)14/h5-10,20H,11H2,1-4H3,(H,21,24). The molecule has 0 aliphatic heterocycles. The molecular weight excluding hydrogens is 332 g/mol. The minimum absolute atomic E-state index is 0.0934. The number of anilines is 1. The summed E-state index contributed by atoms with van der Waals surface area (Å²) in [6, 6.07) is 9.23. The van der Waals surface area contributed by atoms with Gasteiger partial charge in [0.15, 0.2) is 0 Å². The van der Waals surface area contributed by atoms with Crippen molar-refractivity contribution in [3.63, 3.8) is 0 Å². The Morgan fingerprint density at radius 1 is 1.27 bits per heavy atom. The molecule has 0 atom stereocenters. The summed E-state index contributed by atoms with van der Waals surface area (Å²) in [6.07, 6.45) is 1.66. The van der Waals surface area contributed by atoms with Crippen molar-refractivity contribution >= 4 is 28.6 Å². The lowest BCUT2D eigenvalue weighted by atomic mass is 9.92. The minimum Gasteiger partial charge on any atom is -0.360 e. The predicted molar refractivity (Wildman–Crippen MR) is 99.1 cm³/mol. The summed E-state index contributed by atoms with van der Waals surface area (Å²) < 4.78 is 5.14. The highest BCUT2D eigenvalue weighted by molar-refractivity contribution is 6.07. The zero-order valence-corrected chi connectivity index (χ0v) is 15.3. The quantitative estimate of drug-likeness (QED) is 0.753. The van der Waals surface area contributed by atoms with Gasteiger partial charge in [-0.05, 0) is 6.07 Å². The molecule has 0 fully saturated rings. The van der Waals surface area contributed by atoms with E-state index >= 15 is 0 Å². The number of carbonyl (C=O) groups is 2. The van der Waals surface area contributed by atoms with Gasteiger partial charge >= 0.3 is 0 Å². The first kappa shape index (κ1) is 17.7. The molecule has 2 amide bonds. The molecule has 0 aliphatic rings. The molecule has 1 aromatic carbocycles. The van der Waals surface area contributed by atoms with Crippen LogP contribution in [0.25, 0.3) is 10.9 Å². The lowest BCUT2D eigenvalue weighted by Crippen LogP contribution is -2.34. The Kier molecular flexibility index (Phi) is 4.54. The van der Waals surface area contributed by atoms with E-state index in [1.54, 1.807) is 19.3 Å². The van der Waals surface area contributed by atoms with E-state index in [9.17, 15) is 9.59 Å². The summed E-state index contributed by atoms with van der Waals surface area (Å²) in [5, 5.41) is 7.42. The van der Waals surface area contributed by atoms with Crippen molar-refractivity contribution in [1.82, 2.24) is 15.0 Å². The Hall–Kier alpha value is -3.09. The van der Waals surface area contributed by atoms with E-state index < -0.39 is 0 Å². The largest absolute Gasteiger partial charge is 0.360 e. The zero-order valence-electron chi connectivity index (χ0n) is 15.3. The molecule has 136 valence electrons. The molecule has 26 heavy (non-hydrogen) atoms. The first-order valence-corrected chi connectivity index (χ1v) is 8.34. The van der Waals surface area contributed by atoms with Crippen LogP contribution in [0, 0.1) is 0 Å². The fraction of sp³-hybridized carbons (Fsp3) is 0.316. The molecule has 7 heteroatoms. The van der Waals surface area contributed by atoms with Gasteiger partial charge in [-0.3, -0.25) is 14.9 Å². The maximum atomic E-state index is 12.6. The van der Waals surface area contributed by atoms with Gasteiger partial charge in [0, 0.05) is 35.6 Å². The first-order chi connectivity index (χ1) is 12.3. The summed E-state index contributed by atoms with van der Waals surface area (Å²) >= 11 is 0. The molecule has 2 N–H and O–H groups in total. The summed E-state index contributed by atoms with van der Waals surface area (Å²) in [5.74, 6) is -0.310. The van der Waals surface area contributed by atoms with Crippen LogP contribution in [0.1, 0.15) is 36.8 Å². The van der Waals surface area contributed by atoms with E-state index in [1.165, 1.54) is 4.90 Å². The van der Waals surface area contributed by atoms with Crippen molar-refractivity contribution in [1.29, 1.82) is 0 Å². The number of amides is 2. The maximum Gasteiger partial charge on any atom is 0.256 e. The van der Waals surface area contributed by atoms with Gasteiger partial charge in [0.25, 0.3) is 5.91 Å². The molecule has 0 radical (unpaired) electrons. The second-order valence-electron chi connectivity index (χ2n) is 7.28. The molecule has 0 unspecified atom stereocenters. The summed E-state index contributed by atoms with van der Waals surface area (Å²) in [7, 11) is 1.59. The highest BCUT2D eigenvalue weighted by Gasteiger charge is 2.21. The van der Waals surface area contributed by atoms with E-state index in [0.717, 1.165) is 16.6 Å². The van der Waals surface area contributed by atoms with Gasteiger partial charge in [-0.2, -0.15) is 0 Å². The highest BCUT2D eigenvalue weighted by Crippen LogP contribution is 2.23. The second kappa shape index (κ2) is 6.67. The molecule has 0 spiro atoms. The van der Waals surface area contributed by atoms with Crippen molar-refractivity contribution in [3.8, 4) is 0 Å². The molecule has 0 saturated carbocycles. The van der Waals surface area contributed by atoms with Gasteiger partial charge < -0.3 is 14.4 Å². The molecule has 2 heterocycles. The van der Waals surface area contributed by atoms with E-state index in [0.29, 0.717) is 5.56 Å². The number of likely N-dealkylation sites (N-methyl/N-ethyl adjacent to an activating group) is 1. The third-order valence-electron chi connectivity index (χ3n) is 4.09. The molecule has 0 saturated heterocycles. The Morgan fingerprint density at radius 3 is 2.69 bits per heavy atom. The van der Waals surface area contributed by atoms with Crippen molar-refractivity contribution in [3.05, 3.63) is 47.8 Å². The smallest absolute Gasteiger partial charge is 0.256 e. The summed E-state index contributed by atoms with van der Waals surface area (Å²) in [5.41, 5.74) is 1.99. The number of rotatable bonds is 4. The average Bonchev–Trinajstić information content (AvgIpc) is 3.20. The fourth-order valence-corrected chi connectivity index (χ4v) is 2.61. The number of H-pyrrole nitrogens is 1. The van der Waals surface area contributed by atoms with Crippen LogP contribution in [0.2, 0.25) is 0 Å². The Balaban J connectivity index is 1.65. The molecule has 7 nitrogen and oxygen atoms in total. The van der Waals surface area contributed by atoms with Crippen LogP contribution in [-0.4, -0.2) is 40.4 Å². The van der Waals surface area contributed by atoms with Gasteiger partial charge in [-0.25, -0.2) is 0 Å². The maximum absolute atomic E-state index is 12.6. The summed E-state index contributed by atoms with van der Waals surface area (Å²) in [4.78, 5) is 29.3. The van der Waals surface area contributed by atoms with Crippen LogP contribution in [0.5, 0.6) is 0 Å². The molecule has 3 rings (SSSR count). The molecule has 2 aromatic heterocycles. The van der Waals surface area contributed by atoms with Gasteiger partial charge in [0.1, 0.15) is 0 Å². The second-order valence-corrected chi connectivity index (χ2v) is 7.28. The van der Waals surface area contributed by atoms with Crippen LogP contribution in [0.15, 0.2) is 41.1 Å². The molecule has 3 aromatic rings. The third kappa shape index (κ3) is 3.61. The fourth-order valence-electron chi connectivity index (χ4n) is 2.61. The molecular formula is C19H22N4O3. The SMILES string of the molecule is CN(CC(=O)Nc1cc(C(C)(C)C)no1)C(=O)c1c[nH]c2ccccc12. The number of hydrogen-bond donors (Lipinski definition) is 2. The third-order valence-corrected chi connectivity index (χ3v) is 4.09. The Labute approximate surface area is 151 Å². The number of benzene rings is 1. The number of carbonyl (C=O) groups excluding carboxylic acids is 2. The summed E-state index contributed by atoms with van der Waals surface area (Å²) in [6.45, 7) is 5.92. The Bertz CT molecular complexity index is 949. The van der Waals surface area contributed by atoms with Crippen LogP contribution >= 0.6 is 0 Å². The average molecular weight is 354 g/mol. The topological polar surface area (TPSA) is 91.2 Å². The van der Waals surface area contributed by atoms with Gasteiger partial charge in [0.05, 0.1) is 17.8 Å². The van der Waals surface area contributed by atoms with Crippen molar-refractivity contribution < 1.29 is 14.1 Å². The number of nitrogens with one attached hydrogen (secondary N) is 2. The number of para-hydroxylation sites is 1. The lowest BCUT2D eigenvalue weighted by Gasteiger charge is -2.15. The van der Waals surface area contributed by atoms with Gasteiger partial charge in [-0.1, -0.05) is 44.1 Å². The van der Waals surface area contributed by atoms with E-state index in [-0.39, 0.29) is 29.7 Å². The number of aromatic amines is 1. The predicted octanol–water partition coefficient (Wildman–Crippen LogP) is 3.16. The van der Waals surface area contributed by atoms with Gasteiger partial charge in [0.2, 0.25) is 11.8 Å². The number of fused-ring (bicyclic) bond motifs is 1. The number of aromatic nitrogens is 2. The van der Waals surface area contributed by atoms with Crippen LogP contribution in [0.3, 0.4) is 0 Å². The van der Waals surface area contributed by atoms with Crippen LogP contribution < -0.4 is 5.32 Å². The van der Waals surface area contributed by atoms with E-state index in [2.05, 4.69) is 15.5 Å². The lowest BCUT2D eigenvalue weighted by molar-refractivity contribution is -0.116. The van der Waals surface area contributed by atoms with E-state index in [1.807, 2.05) is 45.0 Å². The van der Waals surface area contributed by atoms with Crippen molar-refractivity contribution in [2.45, 2.75) is 26.2 Å². The number of hydrogen-bond acceptors (Lipinski definition) is 4. The highest BCUT2D eigenvalue weighted by atomic mass is 16.5. The monoisotopic (exact) mass is 354 g/mol. The normalized spacial score (nSPS) is 11.5. The Morgan fingerprint density at radius 2 is 2.00 bits per heavy atom. The van der Waals surface area contributed by atoms with Crippen LogP contribution in [0.4, 0.5) is 5.88 Å². The van der Waals surface area contributed by atoms with Crippen molar-refractivity contribution in [2.75, 3.05) is 18.9 Å². The van der Waals surface area contributed by atoms with Gasteiger partial charge in [-0.15, -0.1) is 0 Å². The van der Waals surface area contributed by atoms with E-state index in [4.69, 9.17) is 4.52 Å². The van der Waals surface area contributed by atoms with Crippen LogP contribution in [-0.2, 0) is 10.2 Å². The molecule has 0 aliphatic carbocycles. The first-order valence-electron chi connectivity index (χ1n) is 8.34.